The van der Waals surface area contributed by atoms with Crippen molar-refractivity contribution in [2.75, 3.05) is 30.8 Å². The lowest BCUT2D eigenvalue weighted by Crippen LogP contribution is -2.40. The third-order valence-corrected chi connectivity index (χ3v) is 7.15. The second-order valence-electron chi connectivity index (χ2n) is 8.05. The molecule has 1 amide bonds. The van der Waals surface area contributed by atoms with Crippen LogP contribution in [0, 0.1) is 0 Å². The van der Waals surface area contributed by atoms with Gasteiger partial charge in [-0.3, -0.25) is 4.79 Å². The quantitative estimate of drug-likeness (QED) is 0.643. The van der Waals surface area contributed by atoms with E-state index in [9.17, 15) is 13.2 Å². The summed E-state index contributed by atoms with van der Waals surface area (Å²) >= 11 is 6.16. The summed E-state index contributed by atoms with van der Waals surface area (Å²) < 4.78 is 25.6. The molecular formula is C23H30ClN3O3S. The van der Waals surface area contributed by atoms with Crippen molar-refractivity contribution in [3.05, 3.63) is 64.7 Å². The number of hydrogen-bond donors (Lipinski definition) is 1. The average molecular weight is 464 g/mol. The van der Waals surface area contributed by atoms with Gasteiger partial charge in [0.2, 0.25) is 15.9 Å². The highest BCUT2D eigenvalue weighted by Crippen LogP contribution is 2.23. The molecular weight excluding hydrogens is 434 g/mol. The first-order valence-electron chi connectivity index (χ1n) is 10.6. The van der Waals surface area contributed by atoms with Gasteiger partial charge < -0.3 is 10.2 Å². The minimum atomic E-state index is -3.59. The first kappa shape index (κ1) is 23.6. The molecule has 3 rings (SSSR count). The maximum Gasteiger partial charge on any atom is 0.235 e. The molecule has 1 N–H and O–H groups in total. The fourth-order valence-electron chi connectivity index (χ4n) is 3.76. The highest BCUT2D eigenvalue weighted by molar-refractivity contribution is 7.88. The van der Waals surface area contributed by atoms with Gasteiger partial charge in [0.1, 0.15) is 0 Å². The SMILES string of the molecule is C[C@@H](NC(=O)CN(Cc1ccccc1Cl)S(C)(=O)=O)c1ccc(N2CCCCC2)cc1. The zero-order valence-electron chi connectivity index (χ0n) is 18.1. The van der Waals surface area contributed by atoms with Crippen LogP contribution in [0.5, 0.6) is 0 Å². The van der Waals surface area contributed by atoms with E-state index in [0.717, 1.165) is 29.2 Å². The minimum Gasteiger partial charge on any atom is -0.372 e. The second-order valence-corrected chi connectivity index (χ2v) is 10.4. The van der Waals surface area contributed by atoms with Crippen molar-refractivity contribution in [1.82, 2.24) is 9.62 Å². The van der Waals surface area contributed by atoms with Crippen LogP contribution < -0.4 is 10.2 Å². The first-order valence-corrected chi connectivity index (χ1v) is 12.8. The van der Waals surface area contributed by atoms with Crippen molar-refractivity contribution in [1.29, 1.82) is 0 Å². The molecule has 1 atom stereocenters. The average Bonchev–Trinajstić information content (AvgIpc) is 2.75. The molecule has 0 bridgehead atoms. The molecule has 2 aromatic rings. The molecule has 0 spiro atoms. The lowest BCUT2D eigenvalue weighted by atomic mass is 10.1. The summed E-state index contributed by atoms with van der Waals surface area (Å²) in [6.45, 7) is 3.84. The predicted octanol–water partition coefficient (Wildman–Crippen LogP) is 3.97. The Labute approximate surface area is 190 Å². The third-order valence-electron chi connectivity index (χ3n) is 5.59. The highest BCUT2D eigenvalue weighted by atomic mass is 35.5. The molecule has 0 unspecified atom stereocenters. The summed E-state index contributed by atoms with van der Waals surface area (Å²) in [5, 5.41) is 3.38. The van der Waals surface area contributed by atoms with Gasteiger partial charge >= 0.3 is 0 Å². The Morgan fingerprint density at radius 1 is 1.10 bits per heavy atom. The molecule has 1 fully saturated rings. The van der Waals surface area contributed by atoms with Gasteiger partial charge in [0, 0.05) is 30.3 Å². The Morgan fingerprint density at radius 3 is 2.35 bits per heavy atom. The summed E-state index contributed by atoms with van der Waals surface area (Å²) in [4.78, 5) is 15.0. The smallest absolute Gasteiger partial charge is 0.235 e. The highest BCUT2D eigenvalue weighted by Gasteiger charge is 2.22. The standard InChI is InChI=1S/C23H30ClN3O3S/c1-18(19-10-12-21(13-11-19)26-14-6-3-7-15-26)25-23(28)17-27(31(2,29)30)16-20-8-4-5-9-22(20)24/h4-5,8-13,18H,3,6-7,14-17H2,1-2H3,(H,25,28)/t18-/m1/s1. The normalized spacial score (nSPS) is 15.7. The molecule has 0 aliphatic carbocycles. The number of sulfonamides is 1. The summed E-state index contributed by atoms with van der Waals surface area (Å²) in [7, 11) is -3.59. The van der Waals surface area contributed by atoms with Gasteiger partial charge in [0.05, 0.1) is 18.8 Å². The molecule has 1 saturated heterocycles. The van der Waals surface area contributed by atoms with Gasteiger partial charge in [-0.15, -0.1) is 0 Å². The van der Waals surface area contributed by atoms with E-state index in [1.807, 2.05) is 19.1 Å². The zero-order chi connectivity index (χ0) is 22.4. The van der Waals surface area contributed by atoms with Crippen LogP contribution in [0.1, 0.15) is 43.4 Å². The molecule has 0 aromatic heterocycles. The number of benzene rings is 2. The molecule has 8 heteroatoms. The second kappa shape index (κ2) is 10.5. The molecule has 1 aliphatic heterocycles. The third kappa shape index (κ3) is 6.69. The predicted molar refractivity (Wildman–Crippen MR) is 126 cm³/mol. The van der Waals surface area contributed by atoms with Gasteiger partial charge in [0.15, 0.2) is 0 Å². The summed E-state index contributed by atoms with van der Waals surface area (Å²) in [6.07, 6.45) is 4.83. The lowest BCUT2D eigenvalue weighted by molar-refractivity contribution is -0.122. The van der Waals surface area contributed by atoms with Crippen LogP contribution in [0.3, 0.4) is 0 Å². The Balaban J connectivity index is 1.61. The fraction of sp³-hybridized carbons (Fsp3) is 0.435. The van der Waals surface area contributed by atoms with E-state index in [1.54, 1.807) is 24.3 Å². The summed E-state index contributed by atoms with van der Waals surface area (Å²) in [5.74, 6) is -0.356. The van der Waals surface area contributed by atoms with Crippen molar-refractivity contribution in [3.8, 4) is 0 Å². The molecule has 0 saturated carbocycles. The van der Waals surface area contributed by atoms with Crippen LogP contribution in [0.25, 0.3) is 0 Å². The minimum absolute atomic E-state index is 0.0465. The van der Waals surface area contributed by atoms with E-state index in [4.69, 9.17) is 11.6 Å². The number of halogens is 1. The fourth-order valence-corrected chi connectivity index (χ4v) is 4.68. The number of carbonyl (C=O) groups excluding carboxylic acids is 1. The van der Waals surface area contributed by atoms with Crippen molar-refractivity contribution in [2.45, 2.75) is 38.8 Å². The van der Waals surface area contributed by atoms with Crippen molar-refractivity contribution in [2.24, 2.45) is 0 Å². The van der Waals surface area contributed by atoms with E-state index >= 15 is 0 Å². The molecule has 6 nitrogen and oxygen atoms in total. The van der Waals surface area contributed by atoms with E-state index in [0.29, 0.717) is 10.6 Å². The number of piperidine rings is 1. The largest absolute Gasteiger partial charge is 0.372 e. The number of hydrogen-bond acceptors (Lipinski definition) is 4. The van der Waals surface area contributed by atoms with Crippen LogP contribution in [0.15, 0.2) is 48.5 Å². The summed E-state index contributed by atoms with van der Waals surface area (Å²) in [5.41, 5.74) is 2.83. The van der Waals surface area contributed by atoms with Crippen LogP contribution in [0.4, 0.5) is 5.69 Å². The number of carbonyl (C=O) groups is 1. The van der Waals surface area contributed by atoms with Gasteiger partial charge in [-0.05, 0) is 55.5 Å². The Morgan fingerprint density at radius 2 is 1.74 bits per heavy atom. The maximum atomic E-state index is 12.6. The van der Waals surface area contributed by atoms with E-state index < -0.39 is 10.0 Å². The molecule has 31 heavy (non-hydrogen) atoms. The van der Waals surface area contributed by atoms with Crippen molar-refractivity contribution < 1.29 is 13.2 Å². The van der Waals surface area contributed by atoms with Crippen molar-refractivity contribution in [3.63, 3.8) is 0 Å². The van der Waals surface area contributed by atoms with Crippen LogP contribution in [-0.2, 0) is 21.4 Å². The molecule has 1 aliphatic rings. The Hall–Kier alpha value is -2.09. The zero-order valence-corrected chi connectivity index (χ0v) is 19.6. The van der Waals surface area contributed by atoms with Crippen LogP contribution in [-0.4, -0.2) is 44.5 Å². The monoisotopic (exact) mass is 463 g/mol. The number of nitrogens with zero attached hydrogens (tertiary/aromatic N) is 2. The van der Waals surface area contributed by atoms with Gasteiger partial charge in [-0.2, -0.15) is 4.31 Å². The molecule has 2 aromatic carbocycles. The topological polar surface area (TPSA) is 69.7 Å². The van der Waals surface area contributed by atoms with E-state index in [2.05, 4.69) is 22.3 Å². The van der Waals surface area contributed by atoms with Gasteiger partial charge in [-0.25, -0.2) is 8.42 Å². The van der Waals surface area contributed by atoms with Crippen molar-refractivity contribution >= 4 is 33.2 Å². The molecule has 1 heterocycles. The van der Waals surface area contributed by atoms with E-state index in [-0.39, 0.29) is 25.0 Å². The first-order chi connectivity index (χ1) is 14.7. The molecule has 0 radical (unpaired) electrons. The van der Waals surface area contributed by atoms with Crippen LogP contribution >= 0.6 is 11.6 Å². The number of rotatable bonds is 8. The number of anilines is 1. The Bertz CT molecular complexity index is 989. The number of amides is 1. The molecule has 168 valence electrons. The van der Waals surface area contributed by atoms with E-state index in [1.165, 1.54) is 24.9 Å². The summed E-state index contributed by atoms with van der Waals surface area (Å²) in [6, 6.07) is 15.0. The lowest BCUT2D eigenvalue weighted by Gasteiger charge is -2.29. The maximum absolute atomic E-state index is 12.6. The Kier molecular flexibility index (Phi) is 7.97. The number of nitrogens with one attached hydrogen (secondary N) is 1. The van der Waals surface area contributed by atoms with Gasteiger partial charge in [-0.1, -0.05) is 41.9 Å². The van der Waals surface area contributed by atoms with Gasteiger partial charge in [0.25, 0.3) is 0 Å². The van der Waals surface area contributed by atoms with Crippen LogP contribution in [0.2, 0.25) is 5.02 Å².